The van der Waals surface area contributed by atoms with E-state index in [0.717, 1.165) is 0 Å². The van der Waals surface area contributed by atoms with Crippen molar-refractivity contribution < 1.29 is 62.3 Å². The van der Waals surface area contributed by atoms with Gasteiger partial charge in [-0.1, -0.05) is 0 Å². The Morgan fingerprint density at radius 3 is 0.375 bits per heavy atom. The maximum atomic E-state index is 8.42. The first-order valence-corrected chi connectivity index (χ1v) is 2.12. The van der Waals surface area contributed by atoms with Crippen LogP contribution < -0.4 is 45.2 Å². The standard InChI is InChI=1S/3BO3.3Ca.Fe/c3*2-1(3)4;;;;/q3*-3;3*+2;+3. The minimum absolute atomic E-state index is 0. The Kier molecular flexibility index (Phi) is 97.4. The van der Waals surface area contributed by atoms with Gasteiger partial charge in [0.05, 0.1) is 0 Å². The van der Waals surface area contributed by atoms with Crippen LogP contribution >= 0.6 is 0 Å². The average Bonchev–Trinajstić information content (AvgIpc) is 1.54. The quantitative estimate of drug-likeness (QED) is 0.378. The van der Waals surface area contributed by atoms with Crippen LogP contribution in [-0.2, 0) is 17.1 Å². The maximum absolute atomic E-state index is 8.42. The molecular weight excluding hydrogens is 353 g/mol. The van der Waals surface area contributed by atoms with E-state index in [1.807, 2.05) is 0 Å². The molecule has 0 fully saturated rings. The van der Waals surface area contributed by atoms with Gasteiger partial charge in [-0.3, -0.25) is 22.0 Å². The van der Waals surface area contributed by atoms with Crippen molar-refractivity contribution in [3.05, 3.63) is 0 Å². The molecule has 0 N–H and O–H groups in total. The van der Waals surface area contributed by atoms with Crippen molar-refractivity contribution in [1.82, 2.24) is 0 Å². The normalized spacial score (nSPS) is 5.06. The van der Waals surface area contributed by atoms with E-state index < -0.39 is 22.0 Å². The van der Waals surface area contributed by atoms with Gasteiger partial charge >= 0.3 is 130 Å². The van der Waals surface area contributed by atoms with E-state index >= 15 is 0 Å². The van der Waals surface area contributed by atoms with Crippen LogP contribution in [0.1, 0.15) is 0 Å². The molecule has 16 heteroatoms. The molecule has 0 unspecified atom stereocenters. The van der Waals surface area contributed by atoms with Gasteiger partial charge in [0, 0.05) is 0 Å². The van der Waals surface area contributed by atoms with E-state index in [1.54, 1.807) is 0 Å². The SMILES string of the molecule is [Ca+2].[Ca+2].[Ca+2].[Fe+3].[O-]B([O-])[O-].[O-]B([O-])[O-].[O-]B([O-])[O-]. The Balaban J connectivity index is -0.0000000135. The van der Waals surface area contributed by atoms with E-state index in [-0.39, 0.29) is 130 Å². The molecule has 0 aromatic rings. The summed E-state index contributed by atoms with van der Waals surface area (Å²) in [5, 5.41) is 75.8. The molecule has 1 radical (unpaired) electrons. The number of rotatable bonds is 0. The van der Waals surface area contributed by atoms with Gasteiger partial charge < -0.3 is 45.2 Å². The zero-order valence-electron chi connectivity index (χ0n) is 7.88. The molecule has 0 atom stereocenters. The molecule has 0 aliphatic heterocycles. The Bertz CT molecular complexity index is 54.5. The van der Waals surface area contributed by atoms with E-state index in [0.29, 0.717) is 0 Å². The van der Waals surface area contributed by atoms with E-state index in [4.69, 9.17) is 45.2 Å². The third kappa shape index (κ3) is 312. The van der Waals surface area contributed by atoms with Crippen LogP contribution in [0.2, 0.25) is 0 Å². The third-order valence-electron chi connectivity index (χ3n) is 0. The summed E-state index contributed by atoms with van der Waals surface area (Å²) in [6.07, 6.45) is 0. The Morgan fingerprint density at radius 2 is 0.375 bits per heavy atom. The first-order valence-electron chi connectivity index (χ1n) is 2.12. The summed E-state index contributed by atoms with van der Waals surface area (Å²) < 4.78 is 0. The molecule has 77 valence electrons. The third-order valence-corrected chi connectivity index (χ3v) is 0. The van der Waals surface area contributed by atoms with E-state index in [9.17, 15) is 0 Å². The van der Waals surface area contributed by atoms with Crippen molar-refractivity contribution >= 4 is 135 Å². The Labute approximate surface area is 193 Å². The van der Waals surface area contributed by atoms with Crippen molar-refractivity contribution in [2.24, 2.45) is 0 Å². The summed E-state index contributed by atoms with van der Waals surface area (Å²) in [5.41, 5.74) is 0. The molecular formula is B3Ca3FeO9. The second-order valence-electron chi connectivity index (χ2n) is 0.866. The summed E-state index contributed by atoms with van der Waals surface area (Å²) in [5.74, 6) is 0. The molecule has 0 bridgehead atoms. The average molecular weight is 353 g/mol. The maximum Gasteiger partial charge on any atom is 3.00 e. The zero-order chi connectivity index (χ0) is 10.7. The molecule has 0 rings (SSSR count). The fraction of sp³-hybridized carbons (Fsp3) is 0. The minimum Gasteiger partial charge on any atom is -0.907 e. The smallest absolute Gasteiger partial charge is 0.907 e. The molecule has 16 heavy (non-hydrogen) atoms. The van der Waals surface area contributed by atoms with Crippen LogP contribution in [0, 0.1) is 0 Å². The van der Waals surface area contributed by atoms with Gasteiger partial charge in [-0.05, 0) is 0 Å². The summed E-state index contributed by atoms with van der Waals surface area (Å²) in [6, 6.07) is 0. The van der Waals surface area contributed by atoms with E-state index in [2.05, 4.69) is 0 Å². The molecule has 0 spiro atoms. The second-order valence-corrected chi connectivity index (χ2v) is 0.866. The van der Waals surface area contributed by atoms with Crippen LogP contribution in [0.15, 0.2) is 0 Å². The first-order chi connectivity index (χ1) is 5.20. The van der Waals surface area contributed by atoms with E-state index in [1.165, 1.54) is 0 Å². The van der Waals surface area contributed by atoms with Crippen LogP contribution in [0.3, 0.4) is 0 Å². The molecule has 0 saturated heterocycles. The Hall–Kier alpha value is 4.13. The van der Waals surface area contributed by atoms with Gasteiger partial charge in [-0.2, -0.15) is 0 Å². The predicted molar refractivity (Wildman–Crippen MR) is 34.5 cm³/mol. The molecule has 0 aromatic heterocycles. The molecule has 0 aliphatic carbocycles. The summed E-state index contributed by atoms with van der Waals surface area (Å²) in [7, 11) is -8.75. The summed E-state index contributed by atoms with van der Waals surface area (Å²) in [6.45, 7) is 0. The zero-order valence-corrected chi connectivity index (χ0v) is 15.6. The largest absolute Gasteiger partial charge is 3.00 e. The van der Waals surface area contributed by atoms with Gasteiger partial charge in [0.25, 0.3) is 0 Å². The van der Waals surface area contributed by atoms with Crippen LogP contribution in [0.5, 0.6) is 0 Å². The molecule has 0 heterocycles. The fourth-order valence-electron chi connectivity index (χ4n) is 0. The molecule has 0 saturated carbocycles. The van der Waals surface area contributed by atoms with Crippen molar-refractivity contribution in [1.29, 1.82) is 0 Å². The van der Waals surface area contributed by atoms with Crippen molar-refractivity contribution in [3.8, 4) is 0 Å². The fourth-order valence-corrected chi connectivity index (χ4v) is 0. The molecule has 0 aliphatic rings. The summed E-state index contributed by atoms with van der Waals surface area (Å²) >= 11 is 0. The van der Waals surface area contributed by atoms with Gasteiger partial charge in [0.2, 0.25) is 0 Å². The topological polar surface area (TPSA) is 208 Å². The minimum atomic E-state index is -2.92. The first kappa shape index (κ1) is 42.7. The van der Waals surface area contributed by atoms with Gasteiger partial charge in [0.15, 0.2) is 0 Å². The number of hydrogen-bond acceptors (Lipinski definition) is 9. The second kappa shape index (κ2) is 36.5. The van der Waals surface area contributed by atoms with Crippen LogP contribution in [0.4, 0.5) is 0 Å². The van der Waals surface area contributed by atoms with Crippen molar-refractivity contribution in [2.75, 3.05) is 0 Å². The molecule has 0 amide bonds. The van der Waals surface area contributed by atoms with Gasteiger partial charge in [0.1, 0.15) is 0 Å². The van der Waals surface area contributed by atoms with Crippen LogP contribution in [0.25, 0.3) is 0 Å². The molecule has 9 nitrogen and oxygen atoms in total. The van der Waals surface area contributed by atoms with Crippen LogP contribution in [-0.4, -0.2) is 135 Å². The Morgan fingerprint density at radius 1 is 0.375 bits per heavy atom. The number of hydrogen-bond donors (Lipinski definition) is 0. The van der Waals surface area contributed by atoms with Gasteiger partial charge in [-0.25, -0.2) is 0 Å². The molecule has 0 aromatic carbocycles. The predicted octanol–water partition coefficient (Wildman–Crippen LogP) is -13.0. The monoisotopic (exact) mass is 353 g/mol. The van der Waals surface area contributed by atoms with Gasteiger partial charge in [-0.15, -0.1) is 0 Å². The van der Waals surface area contributed by atoms with Crippen molar-refractivity contribution in [2.45, 2.75) is 0 Å². The van der Waals surface area contributed by atoms with Crippen molar-refractivity contribution in [3.63, 3.8) is 0 Å². The summed E-state index contributed by atoms with van der Waals surface area (Å²) in [4.78, 5) is 0.